The molecule has 0 aliphatic carbocycles. The van der Waals surface area contributed by atoms with Crippen LogP contribution >= 0.6 is 23.1 Å². The molecule has 0 aliphatic rings. The third-order valence-corrected chi connectivity index (χ3v) is 5.42. The van der Waals surface area contributed by atoms with Crippen molar-refractivity contribution in [2.75, 3.05) is 18.2 Å². The molecule has 0 radical (unpaired) electrons. The van der Waals surface area contributed by atoms with Gasteiger partial charge in [0.2, 0.25) is 0 Å². The zero-order chi connectivity index (χ0) is 20.6. The third-order valence-electron chi connectivity index (χ3n) is 3.85. The van der Waals surface area contributed by atoms with Gasteiger partial charge in [0.05, 0.1) is 16.3 Å². The fraction of sp³-hybridized carbons (Fsp3) is 0.190. The van der Waals surface area contributed by atoms with E-state index in [4.69, 9.17) is 9.47 Å². The molecule has 0 unspecified atom stereocenters. The molecular weight excluding hydrogens is 408 g/mol. The SMILES string of the molecule is CSc1ccc(NC(=O)COC(=O)c2ccc(OCc3csc(C)n3)cc2)cc1. The van der Waals surface area contributed by atoms with Gasteiger partial charge in [-0.1, -0.05) is 0 Å². The largest absolute Gasteiger partial charge is 0.487 e. The first kappa shape index (κ1) is 20.9. The number of amides is 1. The smallest absolute Gasteiger partial charge is 0.338 e. The summed E-state index contributed by atoms with van der Waals surface area (Å²) in [5.41, 5.74) is 1.87. The zero-order valence-electron chi connectivity index (χ0n) is 16.0. The van der Waals surface area contributed by atoms with E-state index in [-0.39, 0.29) is 6.61 Å². The van der Waals surface area contributed by atoms with E-state index in [1.54, 1.807) is 59.5 Å². The van der Waals surface area contributed by atoms with Crippen LogP contribution in [0, 0.1) is 6.92 Å². The van der Waals surface area contributed by atoms with Crippen molar-refractivity contribution in [3.63, 3.8) is 0 Å². The molecule has 0 saturated carbocycles. The summed E-state index contributed by atoms with van der Waals surface area (Å²) in [5.74, 6) is -0.341. The van der Waals surface area contributed by atoms with E-state index in [1.165, 1.54) is 0 Å². The predicted molar refractivity (Wildman–Crippen MR) is 115 cm³/mol. The number of benzene rings is 2. The Morgan fingerprint density at radius 2 is 1.83 bits per heavy atom. The number of hydrogen-bond acceptors (Lipinski definition) is 7. The summed E-state index contributed by atoms with van der Waals surface area (Å²) in [7, 11) is 0. The average Bonchev–Trinajstić information content (AvgIpc) is 3.16. The molecule has 0 atom stereocenters. The Labute approximate surface area is 177 Å². The molecule has 0 spiro atoms. The lowest BCUT2D eigenvalue weighted by molar-refractivity contribution is -0.119. The lowest BCUT2D eigenvalue weighted by Crippen LogP contribution is -2.20. The van der Waals surface area contributed by atoms with Crippen molar-refractivity contribution in [2.24, 2.45) is 0 Å². The van der Waals surface area contributed by atoms with Gasteiger partial charge in [0.25, 0.3) is 5.91 Å². The van der Waals surface area contributed by atoms with Crippen LogP contribution in [0.2, 0.25) is 0 Å². The maximum absolute atomic E-state index is 12.1. The lowest BCUT2D eigenvalue weighted by Gasteiger charge is -2.08. The Hall–Kier alpha value is -2.84. The Morgan fingerprint density at radius 1 is 1.10 bits per heavy atom. The highest BCUT2D eigenvalue weighted by atomic mass is 32.2. The number of thioether (sulfide) groups is 1. The second kappa shape index (κ2) is 10.1. The molecule has 150 valence electrons. The molecular formula is C21H20N2O4S2. The Kier molecular flexibility index (Phi) is 7.26. The van der Waals surface area contributed by atoms with E-state index in [2.05, 4.69) is 10.3 Å². The highest BCUT2D eigenvalue weighted by Crippen LogP contribution is 2.18. The predicted octanol–water partition coefficient (Wildman–Crippen LogP) is 4.55. The summed E-state index contributed by atoms with van der Waals surface area (Å²) in [6.07, 6.45) is 1.98. The molecule has 0 bridgehead atoms. The van der Waals surface area contributed by atoms with Crippen LogP contribution in [0.25, 0.3) is 0 Å². The van der Waals surface area contributed by atoms with Crippen LogP contribution in [-0.2, 0) is 16.1 Å². The van der Waals surface area contributed by atoms with Crippen LogP contribution in [-0.4, -0.2) is 29.7 Å². The van der Waals surface area contributed by atoms with Gasteiger partial charge in [-0.05, 0) is 61.7 Å². The molecule has 3 aromatic rings. The number of nitrogens with zero attached hydrogens (tertiary/aromatic N) is 1. The second-order valence-electron chi connectivity index (χ2n) is 6.02. The first-order chi connectivity index (χ1) is 14.0. The number of carbonyl (C=O) groups excluding carboxylic acids is 2. The average molecular weight is 429 g/mol. The van der Waals surface area contributed by atoms with Crippen LogP contribution in [0.5, 0.6) is 5.75 Å². The first-order valence-corrected chi connectivity index (χ1v) is 10.9. The van der Waals surface area contributed by atoms with Crippen molar-refractivity contribution >= 4 is 40.7 Å². The minimum Gasteiger partial charge on any atom is -0.487 e. The van der Waals surface area contributed by atoms with Crippen LogP contribution in [0.15, 0.2) is 58.8 Å². The topological polar surface area (TPSA) is 77.5 Å². The number of esters is 1. The molecule has 1 aromatic heterocycles. The van der Waals surface area contributed by atoms with E-state index < -0.39 is 11.9 Å². The number of hydrogen-bond donors (Lipinski definition) is 1. The number of aryl methyl sites for hydroxylation is 1. The molecule has 0 saturated heterocycles. The number of nitrogens with one attached hydrogen (secondary N) is 1. The number of carbonyl (C=O) groups is 2. The number of thiazole rings is 1. The quantitative estimate of drug-likeness (QED) is 0.419. The third kappa shape index (κ3) is 6.33. The lowest BCUT2D eigenvalue weighted by atomic mass is 10.2. The van der Waals surface area contributed by atoms with Crippen LogP contribution in [0.4, 0.5) is 5.69 Å². The van der Waals surface area contributed by atoms with E-state index in [0.717, 1.165) is 15.6 Å². The molecule has 2 aromatic carbocycles. The molecule has 29 heavy (non-hydrogen) atoms. The second-order valence-corrected chi connectivity index (χ2v) is 7.97. The maximum Gasteiger partial charge on any atom is 0.338 e. The van der Waals surface area contributed by atoms with Gasteiger partial charge in [0, 0.05) is 16.0 Å². The number of anilines is 1. The summed E-state index contributed by atoms with van der Waals surface area (Å²) in [5, 5.41) is 5.63. The molecule has 1 N–H and O–H groups in total. The van der Waals surface area contributed by atoms with Gasteiger partial charge in [0.1, 0.15) is 12.4 Å². The van der Waals surface area contributed by atoms with Gasteiger partial charge < -0.3 is 14.8 Å². The molecule has 0 fully saturated rings. The Balaban J connectivity index is 1.45. The summed E-state index contributed by atoms with van der Waals surface area (Å²) in [4.78, 5) is 29.5. The van der Waals surface area contributed by atoms with E-state index >= 15 is 0 Å². The molecule has 6 nitrogen and oxygen atoms in total. The van der Waals surface area contributed by atoms with Crippen molar-refractivity contribution < 1.29 is 19.1 Å². The highest BCUT2D eigenvalue weighted by molar-refractivity contribution is 7.98. The summed E-state index contributed by atoms with van der Waals surface area (Å²) in [6, 6.07) is 14.0. The van der Waals surface area contributed by atoms with Crippen LogP contribution in [0.3, 0.4) is 0 Å². The first-order valence-electron chi connectivity index (χ1n) is 8.78. The monoisotopic (exact) mass is 428 g/mol. The van der Waals surface area contributed by atoms with Crippen molar-refractivity contribution in [1.82, 2.24) is 4.98 Å². The number of aromatic nitrogens is 1. The molecule has 3 rings (SSSR count). The minimum atomic E-state index is -0.570. The summed E-state index contributed by atoms with van der Waals surface area (Å²) in [6.45, 7) is 1.95. The molecule has 1 heterocycles. The van der Waals surface area contributed by atoms with E-state index in [1.807, 2.05) is 30.7 Å². The van der Waals surface area contributed by atoms with E-state index in [9.17, 15) is 9.59 Å². The fourth-order valence-corrected chi connectivity index (χ4v) is 3.41. The van der Waals surface area contributed by atoms with Crippen molar-refractivity contribution in [3.8, 4) is 5.75 Å². The Bertz CT molecular complexity index is 969. The number of rotatable bonds is 8. The Morgan fingerprint density at radius 3 is 2.45 bits per heavy atom. The fourth-order valence-electron chi connectivity index (χ4n) is 2.40. The van der Waals surface area contributed by atoms with Crippen LogP contribution < -0.4 is 10.1 Å². The molecule has 0 aliphatic heterocycles. The summed E-state index contributed by atoms with van der Waals surface area (Å²) < 4.78 is 10.7. The van der Waals surface area contributed by atoms with Crippen LogP contribution in [0.1, 0.15) is 21.1 Å². The standard InChI is InChI=1S/C21H20N2O4S2/c1-14-22-17(13-29-14)11-26-18-7-3-15(4-8-18)21(25)27-12-20(24)23-16-5-9-19(28-2)10-6-16/h3-10,13H,11-12H2,1-2H3,(H,23,24). The van der Waals surface area contributed by atoms with Gasteiger partial charge in [-0.3, -0.25) is 4.79 Å². The van der Waals surface area contributed by atoms with Gasteiger partial charge in [-0.25, -0.2) is 9.78 Å². The maximum atomic E-state index is 12.1. The molecule has 1 amide bonds. The van der Waals surface area contributed by atoms with Gasteiger partial charge in [-0.15, -0.1) is 23.1 Å². The molecule has 8 heteroatoms. The highest BCUT2D eigenvalue weighted by Gasteiger charge is 2.11. The van der Waals surface area contributed by atoms with E-state index in [0.29, 0.717) is 23.6 Å². The minimum absolute atomic E-state index is 0.346. The van der Waals surface area contributed by atoms with Gasteiger partial charge in [0.15, 0.2) is 6.61 Å². The normalized spacial score (nSPS) is 10.4. The zero-order valence-corrected chi connectivity index (χ0v) is 17.6. The van der Waals surface area contributed by atoms with Crippen molar-refractivity contribution in [2.45, 2.75) is 18.4 Å². The van der Waals surface area contributed by atoms with Gasteiger partial charge in [-0.2, -0.15) is 0 Å². The number of ether oxygens (including phenoxy) is 2. The summed E-state index contributed by atoms with van der Waals surface area (Å²) >= 11 is 3.19. The van der Waals surface area contributed by atoms with Crippen molar-refractivity contribution in [1.29, 1.82) is 0 Å². The van der Waals surface area contributed by atoms with Crippen molar-refractivity contribution in [3.05, 3.63) is 70.2 Å². The van der Waals surface area contributed by atoms with Gasteiger partial charge >= 0.3 is 5.97 Å².